The van der Waals surface area contributed by atoms with E-state index in [4.69, 9.17) is 11.1 Å². The van der Waals surface area contributed by atoms with Crippen LogP contribution < -0.4 is 11.3 Å². The van der Waals surface area contributed by atoms with E-state index < -0.39 is 0 Å². The van der Waals surface area contributed by atoms with Crippen LogP contribution in [0.5, 0.6) is 0 Å². The van der Waals surface area contributed by atoms with Crippen LogP contribution in [0.25, 0.3) is 5.69 Å². The van der Waals surface area contributed by atoms with Gasteiger partial charge >= 0.3 is 0 Å². The van der Waals surface area contributed by atoms with Crippen molar-refractivity contribution < 1.29 is 0 Å². The van der Waals surface area contributed by atoms with Gasteiger partial charge in [0.05, 0.1) is 28.5 Å². The van der Waals surface area contributed by atoms with Gasteiger partial charge in [-0.2, -0.15) is 0 Å². The van der Waals surface area contributed by atoms with Crippen molar-refractivity contribution in [2.24, 2.45) is 17.8 Å². The standard InChI is InChI=1S/C19H21N5O.ClH/c1-11-10-15(17(21)12(2)16(11)20)22-18-13(3)23(4)24(19(18)25)14-8-6-5-7-9-14;/h5-10,20H,21H2,1-4H3;1H/b20-16?,22-15+;. The Morgan fingerprint density at radius 2 is 1.73 bits per heavy atom. The van der Waals surface area contributed by atoms with Crippen LogP contribution >= 0.6 is 12.4 Å². The molecule has 3 rings (SSSR count). The maximum absolute atomic E-state index is 12.9. The first-order valence-corrected chi connectivity index (χ1v) is 8.00. The van der Waals surface area contributed by atoms with E-state index in [9.17, 15) is 4.79 Å². The second kappa shape index (κ2) is 7.17. The fourth-order valence-electron chi connectivity index (χ4n) is 2.87. The van der Waals surface area contributed by atoms with Crippen molar-refractivity contribution in [1.29, 1.82) is 5.41 Å². The molecule has 1 heterocycles. The van der Waals surface area contributed by atoms with E-state index in [1.807, 2.05) is 51.2 Å². The van der Waals surface area contributed by atoms with Crippen LogP contribution in [-0.2, 0) is 7.05 Å². The SMILES string of the molecule is CC1=C/C(=N\c2c(C)n(C)n(-c3ccccc3)c2=O)C(N)=C(C)C1=N.Cl. The zero-order chi connectivity index (χ0) is 18.3. The molecule has 3 N–H and O–H groups in total. The zero-order valence-electron chi connectivity index (χ0n) is 15.2. The summed E-state index contributed by atoms with van der Waals surface area (Å²) in [4.78, 5) is 17.5. The molecule has 0 saturated carbocycles. The summed E-state index contributed by atoms with van der Waals surface area (Å²) in [5.41, 5.74) is 10.6. The lowest BCUT2D eigenvalue weighted by molar-refractivity contribution is 0.630. The minimum absolute atomic E-state index is 0. The summed E-state index contributed by atoms with van der Waals surface area (Å²) >= 11 is 0. The summed E-state index contributed by atoms with van der Waals surface area (Å²) in [6.07, 6.45) is 1.75. The van der Waals surface area contributed by atoms with Crippen molar-refractivity contribution in [2.75, 3.05) is 0 Å². The zero-order valence-corrected chi connectivity index (χ0v) is 16.0. The third-order valence-electron chi connectivity index (χ3n) is 4.56. The summed E-state index contributed by atoms with van der Waals surface area (Å²) in [7, 11) is 1.83. The molecule has 0 spiro atoms. The second-order valence-corrected chi connectivity index (χ2v) is 6.15. The molecule has 1 aromatic carbocycles. The highest BCUT2D eigenvalue weighted by molar-refractivity contribution is 6.25. The Kier molecular flexibility index (Phi) is 5.37. The van der Waals surface area contributed by atoms with E-state index >= 15 is 0 Å². The smallest absolute Gasteiger partial charge is 0.297 e. The summed E-state index contributed by atoms with van der Waals surface area (Å²) in [5, 5.41) is 8.00. The van der Waals surface area contributed by atoms with Crippen LogP contribution in [0.4, 0.5) is 5.69 Å². The van der Waals surface area contributed by atoms with Gasteiger partial charge in [-0.25, -0.2) is 9.67 Å². The van der Waals surface area contributed by atoms with Crippen molar-refractivity contribution in [1.82, 2.24) is 9.36 Å². The van der Waals surface area contributed by atoms with Gasteiger partial charge in [0.15, 0.2) is 5.69 Å². The fourth-order valence-corrected chi connectivity index (χ4v) is 2.87. The number of nitrogens with one attached hydrogen (secondary N) is 1. The van der Waals surface area contributed by atoms with Crippen molar-refractivity contribution in [3.63, 3.8) is 0 Å². The number of nitrogens with zero attached hydrogens (tertiary/aromatic N) is 3. The van der Waals surface area contributed by atoms with Crippen molar-refractivity contribution in [2.45, 2.75) is 20.8 Å². The Morgan fingerprint density at radius 1 is 1.12 bits per heavy atom. The number of allylic oxidation sites excluding steroid dienone is 3. The number of aromatic nitrogens is 2. The molecular weight excluding hydrogens is 350 g/mol. The predicted octanol–water partition coefficient (Wildman–Crippen LogP) is 3.19. The third kappa shape index (κ3) is 3.04. The fraction of sp³-hybridized carbons (Fsp3) is 0.211. The van der Waals surface area contributed by atoms with Crippen molar-refractivity contribution >= 4 is 29.5 Å². The number of rotatable bonds is 2. The van der Waals surface area contributed by atoms with Gasteiger partial charge in [-0.05, 0) is 50.1 Å². The van der Waals surface area contributed by atoms with E-state index in [2.05, 4.69) is 4.99 Å². The molecule has 1 aliphatic rings. The van der Waals surface area contributed by atoms with Gasteiger partial charge in [-0.3, -0.25) is 9.48 Å². The van der Waals surface area contributed by atoms with Gasteiger partial charge in [0.25, 0.3) is 5.56 Å². The highest BCUT2D eigenvalue weighted by Crippen LogP contribution is 2.22. The summed E-state index contributed by atoms with van der Waals surface area (Å²) in [6.45, 7) is 5.49. The monoisotopic (exact) mass is 371 g/mol. The maximum Gasteiger partial charge on any atom is 0.297 e. The average Bonchev–Trinajstić information content (AvgIpc) is 2.82. The summed E-state index contributed by atoms with van der Waals surface area (Å²) < 4.78 is 3.37. The predicted molar refractivity (Wildman–Crippen MR) is 108 cm³/mol. The van der Waals surface area contributed by atoms with E-state index in [0.29, 0.717) is 28.4 Å². The lowest BCUT2D eigenvalue weighted by Crippen LogP contribution is -2.22. The van der Waals surface area contributed by atoms with Gasteiger partial charge < -0.3 is 11.1 Å². The summed E-state index contributed by atoms with van der Waals surface area (Å²) in [6, 6.07) is 9.44. The molecule has 0 atom stereocenters. The molecule has 136 valence electrons. The number of halogens is 1. The first-order valence-electron chi connectivity index (χ1n) is 8.00. The van der Waals surface area contributed by atoms with Gasteiger partial charge in [-0.1, -0.05) is 18.2 Å². The molecule has 0 amide bonds. The van der Waals surface area contributed by atoms with Crippen molar-refractivity contribution in [3.05, 3.63) is 69.3 Å². The topological polar surface area (TPSA) is 89.2 Å². The Bertz CT molecular complexity index is 1020. The molecular formula is C19H22ClN5O. The number of benzene rings is 1. The molecule has 26 heavy (non-hydrogen) atoms. The first kappa shape index (κ1) is 19.5. The Hall–Kier alpha value is -2.86. The lowest BCUT2D eigenvalue weighted by atomic mass is 9.94. The minimum atomic E-state index is -0.198. The summed E-state index contributed by atoms with van der Waals surface area (Å²) in [5.74, 6) is 0. The maximum atomic E-state index is 12.9. The van der Waals surface area contributed by atoms with Gasteiger partial charge in [0.2, 0.25) is 0 Å². The van der Waals surface area contributed by atoms with E-state index in [1.165, 1.54) is 0 Å². The Morgan fingerprint density at radius 3 is 2.35 bits per heavy atom. The molecule has 2 aromatic rings. The van der Waals surface area contributed by atoms with E-state index in [1.54, 1.807) is 22.4 Å². The molecule has 0 radical (unpaired) electrons. The largest absolute Gasteiger partial charge is 0.397 e. The molecule has 0 unspecified atom stereocenters. The van der Waals surface area contributed by atoms with E-state index in [-0.39, 0.29) is 18.0 Å². The van der Waals surface area contributed by atoms with Gasteiger partial charge in [0.1, 0.15) is 0 Å². The molecule has 7 heteroatoms. The molecule has 0 aliphatic heterocycles. The average molecular weight is 372 g/mol. The molecule has 1 aromatic heterocycles. The van der Waals surface area contributed by atoms with Crippen LogP contribution in [-0.4, -0.2) is 20.8 Å². The third-order valence-corrected chi connectivity index (χ3v) is 4.56. The number of aliphatic imine (C=N–C) groups is 1. The van der Waals surface area contributed by atoms with Gasteiger partial charge in [-0.15, -0.1) is 12.4 Å². The van der Waals surface area contributed by atoms with Crippen LogP contribution in [0.15, 0.2) is 63.0 Å². The molecule has 0 saturated heterocycles. The molecule has 0 bridgehead atoms. The first-order chi connectivity index (χ1) is 11.8. The minimum Gasteiger partial charge on any atom is -0.397 e. The quantitative estimate of drug-likeness (QED) is 0.794. The van der Waals surface area contributed by atoms with E-state index in [0.717, 1.165) is 17.0 Å². The Labute approximate surface area is 158 Å². The molecule has 1 aliphatic carbocycles. The number of para-hydroxylation sites is 1. The number of hydrogen-bond donors (Lipinski definition) is 2. The highest BCUT2D eigenvalue weighted by atomic mass is 35.5. The highest BCUT2D eigenvalue weighted by Gasteiger charge is 2.20. The van der Waals surface area contributed by atoms with Crippen LogP contribution in [0.3, 0.4) is 0 Å². The normalized spacial score (nSPS) is 15.9. The molecule has 6 nitrogen and oxygen atoms in total. The second-order valence-electron chi connectivity index (χ2n) is 6.15. The van der Waals surface area contributed by atoms with Crippen LogP contribution in [0.2, 0.25) is 0 Å². The van der Waals surface area contributed by atoms with Crippen LogP contribution in [0, 0.1) is 12.3 Å². The Balaban J connectivity index is 0.00000243. The number of hydrogen-bond acceptors (Lipinski definition) is 4. The van der Waals surface area contributed by atoms with Gasteiger partial charge in [0, 0.05) is 7.05 Å². The number of nitrogens with two attached hydrogens (primary N) is 1. The molecule has 0 fully saturated rings. The van der Waals surface area contributed by atoms with Crippen molar-refractivity contribution in [3.8, 4) is 5.69 Å². The van der Waals surface area contributed by atoms with Crippen LogP contribution in [0.1, 0.15) is 19.5 Å². The lowest BCUT2D eigenvalue weighted by Gasteiger charge is -2.16.